The van der Waals surface area contributed by atoms with E-state index in [1.807, 2.05) is 0 Å². The average molecular weight is 307 g/mol. The van der Waals surface area contributed by atoms with Crippen LogP contribution >= 0.6 is 11.6 Å². The molecule has 0 spiro atoms. The van der Waals surface area contributed by atoms with E-state index in [-0.39, 0.29) is 16.3 Å². The molecule has 7 heteroatoms. The van der Waals surface area contributed by atoms with E-state index in [1.54, 1.807) is 20.8 Å². The molecule has 0 aliphatic carbocycles. The van der Waals surface area contributed by atoms with Gasteiger partial charge in [0.05, 0.1) is 6.04 Å². The summed E-state index contributed by atoms with van der Waals surface area (Å²) in [5.74, 6) is 0. The van der Waals surface area contributed by atoms with Gasteiger partial charge in [-0.05, 0) is 44.5 Å². The molecule has 1 aromatic rings. The number of benzene rings is 1. The first kappa shape index (κ1) is 16.7. The van der Waals surface area contributed by atoms with E-state index in [0.717, 1.165) is 0 Å². The molecule has 20 heavy (non-hydrogen) atoms. The number of hydrogen-bond acceptors (Lipinski definition) is 3. The minimum atomic E-state index is -2.77. The lowest BCUT2D eigenvalue weighted by molar-refractivity contribution is 0.0634. The predicted octanol–water partition coefficient (Wildman–Crippen LogP) is 3.95. The van der Waals surface area contributed by atoms with Gasteiger partial charge < -0.3 is 10.5 Å². The second kappa shape index (κ2) is 6.37. The highest BCUT2D eigenvalue weighted by Gasteiger charge is 2.23. The Morgan fingerprint density at radius 2 is 2.00 bits per heavy atom. The first-order valence-corrected chi connectivity index (χ1v) is 6.31. The van der Waals surface area contributed by atoms with Crippen LogP contribution in [0, 0.1) is 0 Å². The van der Waals surface area contributed by atoms with E-state index in [9.17, 15) is 13.6 Å². The highest BCUT2D eigenvalue weighted by molar-refractivity contribution is 6.30. The van der Waals surface area contributed by atoms with Crippen molar-refractivity contribution in [2.75, 3.05) is 5.32 Å². The second-order valence-electron chi connectivity index (χ2n) is 5.22. The van der Waals surface area contributed by atoms with Gasteiger partial charge in [-0.1, -0.05) is 11.6 Å². The molecule has 0 aromatic heterocycles. The van der Waals surface area contributed by atoms with Crippen molar-refractivity contribution >= 4 is 23.4 Å². The maximum Gasteiger partial charge on any atom is 0.412 e. The number of nitrogens with two attached hydrogens (primary N) is 1. The Kier molecular flexibility index (Phi) is 5.30. The Bertz CT molecular complexity index is 490. The first-order chi connectivity index (χ1) is 9.10. The van der Waals surface area contributed by atoms with Crippen LogP contribution in [0.25, 0.3) is 0 Å². The molecule has 0 fully saturated rings. The summed E-state index contributed by atoms with van der Waals surface area (Å²) in [6, 6.07) is 2.63. The van der Waals surface area contributed by atoms with Crippen LogP contribution in [0.2, 0.25) is 5.02 Å². The molecule has 0 aliphatic heterocycles. The third-order valence-corrected chi connectivity index (χ3v) is 2.51. The van der Waals surface area contributed by atoms with E-state index in [2.05, 4.69) is 5.32 Å². The van der Waals surface area contributed by atoms with Crippen molar-refractivity contribution in [3.05, 3.63) is 28.8 Å². The largest absolute Gasteiger partial charge is 0.444 e. The summed E-state index contributed by atoms with van der Waals surface area (Å²) in [7, 11) is 0. The van der Waals surface area contributed by atoms with Gasteiger partial charge in [-0.15, -0.1) is 0 Å². The molecule has 4 nitrogen and oxygen atoms in total. The summed E-state index contributed by atoms with van der Waals surface area (Å²) in [5.41, 5.74) is 4.92. The van der Waals surface area contributed by atoms with E-state index in [0.29, 0.717) is 0 Å². The molecule has 112 valence electrons. The molecular weight excluding hydrogens is 290 g/mol. The maximum absolute atomic E-state index is 12.7. The van der Waals surface area contributed by atoms with Crippen LogP contribution in [-0.4, -0.2) is 18.1 Å². The number of rotatable bonds is 3. The van der Waals surface area contributed by atoms with Crippen molar-refractivity contribution in [1.82, 2.24) is 0 Å². The normalized spacial score (nSPS) is 13.2. The van der Waals surface area contributed by atoms with Crippen LogP contribution in [0.4, 0.5) is 19.3 Å². The summed E-state index contributed by atoms with van der Waals surface area (Å²) in [5, 5.41) is 2.65. The predicted molar refractivity (Wildman–Crippen MR) is 74.2 cm³/mol. The fourth-order valence-corrected chi connectivity index (χ4v) is 1.65. The van der Waals surface area contributed by atoms with Gasteiger partial charge in [-0.3, -0.25) is 5.32 Å². The van der Waals surface area contributed by atoms with Crippen molar-refractivity contribution in [3.8, 4) is 0 Å². The SMILES string of the molecule is CC(C)(C)OC(=O)Nc1ccc(Cl)cc1C(N)C(F)F. The van der Waals surface area contributed by atoms with E-state index < -0.39 is 24.2 Å². The number of carbonyl (C=O) groups excluding carboxylic acids is 1. The molecule has 1 unspecified atom stereocenters. The Morgan fingerprint density at radius 1 is 1.40 bits per heavy atom. The lowest BCUT2D eigenvalue weighted by atomic mass is 10.1. The number of nitrogens with one attached hydrogen (secondary N) is 1. The Morgan fingerprint density at radius 3 is 2.50 bits per heavy atom. The Balaban J connectivity index is 2.98. The monoisotopic (exact) mass is 306 g/mol. The van der Waals surface area contributed by atoms with Gasteiger partial charge in [-0.2, -0.15) is 0 Å². The van der Waals surface area contributed by atoms with Gasteiger partial charge in [0, 0.05) is 10.7 Å². The van der Waals surface area contributed by atoms with Crippen LogP contribution < -0.4 is 11.1 Å². The third kappa shape index (κ3) is 4.94. The summed E-state index contributed by atoms with van der Waals surface area (Å²) < 4.78 is 30.5. The Hall–Kier alpha value is -1.40. The molecule has 0 saturated carbocycles. The summed E-state index contributed by atoms with van der Waals surface area (Å²) >= 11 is 5.76. The number of carbonyl (C=O) groups is 1. The second-order valence-corrected chi connectivity index (χ2v) is 5.66. The fourth-order valence-electron chi connectivity index (χ4n) is 1.47. The number of ether oxygens (including phenoxy) is 1. The van der Waals surface area contributed by atoms with E-state index in [1.165, 1.54) is 18.2 Å². The van der Waals surface area contributed by atoms with Crippen LogP contribution in [0.5, 0.6) is 0 Å². The molecule has 0 heterocycles. The Labute approximate surface area is 121 Å². The standard InChI is InChI=1S/C13H17ClF2N2O2/c1-13(2,3)20-12(19)18-9-5-4-7(14)6-8(9)10(17)11(15)16/h4-6,10-11H,17H2,1-3H3,(H,18,19). The highest BCUT2D eigenvalue weighted by atomic mass is 35.5. The van der Waals surface area contributed by atoms with E-state index >= 15 is 0 Å². The van der Waals surface area contributed by atoms with Gasteiger partial charge in [0.1, 0.15) is 5.60 Å². The van der Waals surface area contributed by atoms with Gasteiger partial charge in [0.15, 0.2) is 0 Å². The topological polar surface area (TPSA) is 64.3 Å². The van der Waals surface area contributed by atoms with Gasteiger partial charge in [0.25, 0.3) is 6.43 Å². The molecule has 1 atom stereocenters. The zero-order chi connectivity index (χ0) is 15.5. The number of halogens is 3. The van der Waals surface area contributed by atoms with E-state index in [4.69, 9.17) is 22.1 Å². The molecule has 0 aliphatic rings. The highest BCUT2D eigenvalue weighted by Crippen LogP contribution is 2.29. The summed E-state index contributed by atoms with van der Waals surface area (Å²) in [6.07, 6.45) is -3.52. The average Bonchev–Trinajstić information content (AvgIpc) is 2.27. The van der Waals surface area contributed by atoms with Crippen molar-refractivity contribution < 1.29 is 18.3 Å². The molecular formula is C13H17ClF2N2O2. The molecule has 3 N–H and O–H groups in total. The third-order valence-electron chi connectivity index (χ3n) is 2.28. The molecule has 1 amide bonds. The fraction of sp³-hybridized carbons (Fsp3) is 0.462. The zero-order valence-corrected chi connectivity index (χ0v) is 12.2. The van der Waals surface area contributed by atoms with Crippen molar-refractivity contribution in [2.45, 2.75) is 38.8 Å². The molecule has 1 rings (SSSR count). The molecule has 1 aromatic carbocycles. The lowest BCUT2D eigenvalue weighted by Gasteiger charge is -2.21. The zero-order valence-electron chi connectivity index (χ0n) is 11.4. The summed E-state index contributed by atoms with van der Waals surface area (Å²) in [6.45, 7) is 5.08. The van der Waals surface area contributed by atoms with Gasteiger partial charge >= 0.3 is 6.09 Å². The lowest BCUT2D eigenvalue weighted by Crippen LogP contribution is -2.28. The van der Waals surface area contributed by atoms with Crippen molar-refractivity contribution in [3.63, 3.8) is 0 Å². The number of alkyl halides is 2. The van der Waals surface area contributed by atoms with Crippen LogP contribution in [0.1, 0.15) is 32.4 Å². The quantitative estimate of drug-likeness (QED) is 0.888. The van der Waals surface area contributed by atoms with Crippen molar-refractivity contribution in [2.24, 2.45) is 5.73 Å². The molecule has 0 bridgehead atoms. The first-order valence-electron chi connectivity index (χ1n) is 5.93. The molecule has 0 saturated heterocycles. The number of hydrogen-bond donors (Lipinski definition) is 2. The minimum absolute atomic E-state index is 0.0540. The number of amides is 1. The van der Waals surface area contributed by atoms with Crippen LogP contribution in [0.3, 0.4) is 0 Å². The maximum atomic E-state index is 12.7. The molecule has 0 radical (unpaired) electrons. The van der Waals surface area contributed by atoms with Crippen LogP contribution in [0.15, 0.2) is 18.2 Å². The van der Waals surface area contributed by atoms with Gasteiger partial charge in [-0.25, -0.2) is 13.6 Å². The minimum Gasteiger partial charge on any atom is -0.444 e. The van der Waals surface area contributed by atoms with Crippen LogP contribution in [-0.2, 0) is 4.74 Å². The summed E-state index contributed by atoms with van der Waals surface area (Å²) in [4.78, 5) is 11.7. The number of anilines is 1. The smallest absolute Gasteiger partial charge is 0.412 e. The van der Waals surface area contributed by atoms with Gasteiger partial charge in [0.2, 0.25) is 0 Å². The van der Waals surface area contributed by atoms with Crippen molar-refractivity contribution in [1.29, 1.82) is 0 Å².